The molecule has 2 aromatic carbocycles. The number of ether oxygens (including phenoxy) is 2. The van der Waals surface area contributed by atoms with Crippen LogP contribution in [0.1, 0.15) is 18.5 Å². The number of nitrogens with one attached hydrogen (secondary N) is 1. The average Bonchev–Trinajstić information content (AvgIpc) is 2.52. The van der Waals surface area contributed by atoms with Crippen molar-refractivity contribution in [1.29, 1.82) is 0 Å². The molecule has 0 aliphatic heterocycles. The topological polar surface area (TPSA) is 30.5 Å². The number of hydrogen-bond acceptors (Lipinski definition) is 3. The van der Waals surface area contributed by atoms with Crippen LogP contribution in [-0.4, -0.2) is 20.3 Å². The molecule has 0 aliphatic rings. The average molecular weight is 306 g/mol. The Hall–Kier alpha value is -1.71. The van der Waals surface area contributed by atoms with Crippen LogP contribution in [0, 0.1) is 0 Å². The molecule has 0 saturated carbocycles. The molecule has 112 valence electrons. The summed E-state index contributed by atoms with van der Waals surface area (Å²) >= 11 is 6.18. The van der Waals surface area contributed by atoms with Crippen LogP contribution in [-0.2, 0) is 0 Å². The first-order valence-corrected chi connectivity index (χ1v) is 7.34. The molecular weight excluding hydrogens is 286 g/mol. The van der Waals surface area contributed by atoms with Gasteiger partial charge < -0.3 is 14.8 Å². The molecule has 0 radical (unpaired) electrons. The second-order valence-electron chi connectivity index (χ2n) is 4.70. The minimum atomic E-state index is 0.181. The Morgan fingerprint density at radius 1 is 1.05 bits per heavy atom. The van der Waals surface area contributed by atoms with E-state index in [1.54, 1.807) is 7.11 Å². The SMILES string of the molecule is COc1ccccc1OCCN[C@@H](C)c1ccccc1Cl. The van der Waals surface area contributed by atoms with Crippen LogP contribution >= 0.6 is 11.6 Å². The number of para-hydroxylation sites is 2. The largest absolute Gasteiger partial charge is 0.493 e. The first-order chi connectivity index (χ1) is 10.2. The van der Waals surface area contributed by atoms with Crippen LogP contribution in [0.25, 0.3) is 0 Å². The van der Waals surface area contributed by atoms with E-state index in [0.29, 0.717) is 6.61 Å². The van der Waals surface area contributed by atoms with Gasteiger partial charge in [0.25, 0.3) is 0 Å². The van der Waals surface area contributed by atoms with E-state index in [-0.39, 0.29) is 6.04 Å². The molecule has 4 heteroatoms. The van der Waals surface area contributed by atoms with Crippen LogP contribution in [0.2, 0.25) is 5.02 Å². The lowest BCUT2D eigenvalue weighted by atomic mass is 10.1. The minimum absolute atomic E-state index is 0.181. The maximum absolute atomic E-state index is 6.18. The zero-order valence-corrected chi connectivity index (χ0v) is 13.1. The van der Waals surface area contributed by atoms with Gasteiger partial charge in [0, 0.05) is 17.6 Å². The second kappa shape index (κ2) is 7.91. The van der Waals surface area contributed by atoms with Crippen molar-refractivity contribution in [3.05, 3.63) is 59.1 Å². The molecule has 0 fully saturated rings. The molecule has 0 amide bonds. The summed E-state index contributed by atoms with van der Waals surface area (Å²) < 4.78 is 11.0. The van der Waals surface area contributed by atoms with Crippen LogP contribution in [0.15, 0.2) is 48.5 Å². The summed E-state index contributed by atoms with van der Waals surface area (Å²) in [7, 11) is 1.64. The highest BCUT2D eigenvalue weighted by Crippen LogP contribution is 2.25. The summed E-state index contributed by atoms with van der Waals surface area (Å²) in [5, 5.41) is 4.18. The van der Waals surface area contributed by atoms with Crippen LogP contribution in [0.4, 0.5) is 0 Å². The van der Waals surface area contributed by atoms with E-state index in [1.165, 1.54) is 0 Å². The molecule has 0 unspecified atom stereocenters. The van der Waals surface area contributed by atoms with Gasteiger partial charge >= 0.3 is 0 Å². The first kappa shape index (κ1) is 15.7. The normalized spacial score (nSPS) is 12.0. The molecule has 0 aromatic heterocycles. The predicted octanol–water partition coefficient (Wildman–Crippen LogP) is 4.08. The summed E-state index contributed by atoms with van der Waals surface area (Å²) in [6.45, 7) is 3.38. The zero-order valence-electron chi connectivity index (χ0n) is 12.3. The number of hydrogen-bond donors (Lipinski definition) is 1. The number of rotatable bonds is 7. The standard InChI is InChI=1S/C17H20ClNO2/c1-13(14-7-3-4-8-15(14)18)19-11-12-21-17-10-6-5-9-16(17)20-2/h3-10,13,19H,11-12H2,1-2H3/t13-/m0/s1. The molecule has 0 aliphatic carbocycles. The van der Waals surface area contributed by atoms with Gasteiger partial charge in [-0.3, -0.25) is 0 Å². The Bertz CT molecular complexity index is 574. The molecule has 3 nitrogen and oxygen atoms in total. The van der Waals surface area contributed by atoms with Crippen molar-refractivity contribution < 1.29 is 9.47 Å². The fraction of sp³-hybridized carbons (Fsp3) is 0.294. The van der Waals surface area contributed by atoms with Gasteiger partial charge in [-0.05, 0) is 30.7 Å². The monoisotopic (exact) mass is 305 g/mol. The highest BCUT2D eigenvalue weighted by atomic mass is 35.5. The fourth-order valence-corrected chi connectivity index (χ4v) is 2.41. The van der Waals surface area contributed by atoms with Crippen molar-refractivity contribution in [2.24, 2.45) is 0 Å². The fourth-order valence-electron chi connectivity index (χ4n) is 2.11. The third-order valence-electron chi connectivity index (χ3n) is 3.25. The van der Waals surface area contributed by atoms with Crippen LogP contribution in [0.5, 0.6) is 11.5 Å². The summed E-state index contributed by atoms with van der Waals surface area (Å²) in [6, 6.07) is 15.7. The lowest BCUT2D eigenvalue weighted by Crippen LogP contribution is -2.24. The van der Waals surface area contributed by atoms with Gasteiger partial charge in [0.15, 0.2) is 11.5 Å². The molecule has 2 rings (SSSR count). The smallest absolute Gasteiger partial charge is 0.161 e. The maximum atomic E-state index is 6.18. The van der Waals surface area contributed by atoms with Gasteiger partial charge in [0.2, 0.25) is 0 Å². The molecule has 2 aromatic rings. The molecule has 0 spiro atoms. The molecule has 0 bridgehead atoms. The summed E-state index contributed by atoms with van der Waals surface area (Å²) in [5.41, 5.74) is 1.09. The van der Waals surface area contributed by atoms with E-state index in [9.17, 15) is 0 Å². The van der Waals surface area contributed by atoms with E-state index >= 15 is 0 Å². The third-order valence-corrected chi connectivity index (χ3v) is 3.60. The molecule has 21 heavy (non-hydrogen) atoms. The van der Waals surface area contributed by atoms with E-state index in [2.05, 4.69) is 12.2 Å². The summed E-state index contributed by atoms with van der Waals surface area (Å²) in [5.74, 6) is 1.50. The highest BCUT2D eigenvalue weighted by molar-refractivity contribution is 6.31. The van der Waals surface area contributed by atoms with Gasteiger partial charge in [-0.15, -0.1) is 0 Å². The van der Waals surface area contributed by atoms with Gasteiger partial charge in [0.05, 0.1) is 7.11 Å². The van der Waals surface area contributed by atoms with Gasteiger partial charge in [-0.2, -0.15) is 0 Å². The number of benzene rings is 2. The second-order valence-corrected chi connectivity index (χ2v) is 5.10. The van der Waals surface area contributed by atoms with Crippen molar-refractivity contribution in [3.8, 4) is 11.5 Å². The maximum Gasteiger partial charge on any atom is 0.161 e. The Balaban J connectivity index is 1.81. The minimum Gasteiger partial charge on any atom is -0.493 e. The number of methoxy groups -OCH3 is 1. The Morgan fingerprint density at radius 3 is 2.43 bits per heavy atom. The zero-order chi connectivity index (χ0) is 15.1. The molecule has 1 atom stereocenters. The Labute approximate surface area is 130 Å². The van der Waals surface area contributed by atoms with Crippen molar-refractivity contribution >= 4 is 11.6 Å². The third kappa shape index (κ3) is 4.38. The Morgan fingerprint density at radius 2 is 1.71 bits per heavy atom. The Kier molecular flexibility index (Phi) is 5.90. The van der Waals surface area contributed by atoms with Gasteiger partial charge in [0.1, 0.15) is 6.61 Å². The van der Waals surface area contributed by atoms with Crippen molar-refractivity contribution in [2.75, 3.05) is 20.3 Å². The van der Waals surface area contributed by atoms with Gasteiger partial charge in [-0.25, -0.2) is 0 Å². The molecule has 0 heterocycles. The molecular formula is C17H20ClNO2. The van der Waals surface area contributed by atoms with Crippen molar-refractivity contribution in [1.82, 2.24) is 5.32 Å². The van der Waals surface area contributed by atoms with E-state index in [4.69, 9.17) is 21.1 Å². The summed E-state index contributed by atoms with van der Waals surface area (Å²) in [6.07, 6.45) is 0. The van der Waals surface area contributed by atoms with Crippen LogP contribution in [0.3, 0.4) is 0 Å². The van der Waals surface area contributed by atoms with Crippen LogP contribution < -0.4 is 14.8 Å². The van der Waals surface area contributed by atoms with E-state index in [1.807, 2.05) is 48.5 Å². The van der Waals surface area contributed by atoms with E-state index < -0.39 is 0 Å². The summed E-state index contributed by atoms with van der Waals surface area (Å²) in [4.78, 5) is 0. The van der Waals surface area contributed by atoms with E-state index in [0.717, 1.165) is 28.6 Å². The van der Waals surface area contributed by atoms with Crippen molar-refractivity contribution in [3.63, 3.8) is 0 Å². The number of halogens is 1. The molecule has 1 N–H and O–H groups in total. The van der Waals surface area contributed by atoms with Gasteiger partial charge in [-0.1, -0.05) is 41.9 Å². The lowest BCUT2D eigenvalue weighted by molar-refractivity contribution is 0.288. The molecule has 0 saturated heterocycles. The predicted molar refractivity (Wildman–Crippen MR) is 86.4 cm³/mol. The van der Waals surface area contributed by atoms with Crippen molar-refractivity contribution in [2.45, 2.75) is 13.0 Å². The lowest BCUT2D eigenvalue weighted by Gasteiger charge is -2.16. The highest BCUT2D eigenvalue weighted by Gasteiger charge is 2.08. The quantitative estimate of drug-likeness (QED) is 0.782. The first-order valence-electron chi connectivity index (χ1n) is 6.96.